The molecule has 3 heteroatoms. The van der Waals surface area contributed by atoms with Crippen LogP contribution in [0.4, 0.5) is 0 Å². The molecule has 1 saturated carbocycles. The van der Waals surface area contributed by atoms with Crippen LogP contribution >= 0.6 is 0 Å². The third kappa shape index (κ3) is 3.99. The minimum atomic E-state index is 0.357. The first-order chi connectivity index (χ1) is 8.24. The minimum absolute atomic E-state index is 0.357. The van der Waals surface area contributed by atoms with Gasteiger partial charge >= 0.3 is 0 Å². The Morgan fingerprint density at radius 1 is 1.35 bits per heavy atom. The van der Waals surface area contributed by atoms with Crippen LogP contribution in [0.2, 0.25) is 0 Å². The summed E-state index contributed by atoms with van der Waals surface area (Å²) in [4.78, 5) is 12.0. The Hall–Kier alpha value is -1.12. The monoisotopic (exact) mass is 234 g/mol. The Kier molecular flexibility index (Phi) is 4.35. The summed E-state index contributed by atoms with van der Waals surface area (Å²) in [7, 11) is 1.89. The van der Waals surface area contributed by atoms with Gasteiger partial charge in [0.05, 0.1) is 12.1 Å². The lowest BCUT2D eigenvalue weighted by Crippen LogP contribution is -2.11. The zero-order chi connectivity index (χ0) is 12.1. The van der Waals surface area contributed by atoms with Gasteiger partial charge in [-0.2, -0.15) is 5.10 Å². The number of carbonyl (C=O) groups excluding carboxylic acids is 1. The fourth-order valence-electron chi connectivity index (χ4n) is 2.72. The van der Waals surface area contributed by atoms with Crippen LogP contribution < -0.4 is 0 Å². The van der Waals surface area contributed by atoms with Gasteiger partial charge in [0.1, 0.15) is 5.78 Å². The van der Waals surface area contributed by atoms with Gasteiger partial charge in [-0.05, 0) is 12.0 Å². The molecule has 0 amide bonds. The minimum Gasteiger partial charge on any atom is -0.299 e. The zero-order valence-corrected chi connectivity index (χ0v) is 10.7. The standard InChI is InChI=1S/C14H22N2O/c1-16-9-8-13(15-16)11-14(17)10-12-6-4-2-3-5-7-12/h8-9,12H,2-7,10-11H2,1H3. The smallest absolute Gasteiger partial charge is 0.139 e. The maximum atomic E-state index is 12.0. The summed E-state index contributed by atoms with van der Waals surface area (Å²) in [5.41, 5.74) is 0.908. The number of aromatic nitrogens is 2. The van der Waals surface area contributed by atoms with E-state index in [0.29, 0.717) is 18.1 Å². The van der Waals surface area contributed by atoms with E-state index >= 15 is 0 Å². The van der Waals surface area contributed by atoms with Crippen molar-refractivity contribution in [1.82, 2.24) is 9.78 Å². The first-order valence-corrected chi connectivity index (χ1v) is 6.74. The van der Waals surface area contributed by atoms with Gasteiger partial charge in [-0.25, -0.2) is 0 Å². The molecule has 0 radical (unpaired) electrons. The van der Waals surface area contributed by atoms with Crippen molar-refractivity contribution in [2.75, 3.05) is 0 Å². The molecule has 0 spiro atoms. The zero-order valence-electron chi connectivity index (χ0n) is 10.7. The third-order valence-corrected chi connectivity index (χ3v) is 3.64. The van der Waals surface area contributed by atoms with Crippen molar-refractivity contribution in [3.05, 3.63) is 18.0 Å². The summed E-state index contributed by atoms with van der Waals surface area (Å²) < 4.78 is 1.76. The number of ketones is 1. The predicted molar refractivity (Wildman–Crippen MR) is 67.7 cm³/mol. The van der Waals surface area contributed by atoms with E-state index in [1.165, 1.54) is 38.5 Å². The number of hydrogen-bond donors (Lipinski definition) is 0. The first kappa shape index (κ1) is 12.3. The fourth-order valence-corrected chi connectivity index (χ4v) is 2.72. The Morgan fingerprint density at radius 2 is 2.06 bits per heavy atom. The quantitative estimate of drug-likeness (QED) is 0.751. The Labute approximate surface area is 103 Å². The highest BCUT2D eigenvalue weighted by Crippen LogP contribution is 2.25. The molecule has 0 bridgehead atoms. The molecule has 17 heavy (non-hydrogen) atoms. The van der Waals surface area contributed by atoms with Crippen molar-refractivity contribution in [3.8, 4) is 0 Å². The number of Topliss-reactive ketones (excluding diaryl/α,β-unsaturated/α-hetero) is 1. The first-order valence-electron chi connectivity index (χ1n) is 6.74. The Bertz CT molecular complexity index is 362. The van der Waals surface area contributed by atoms with E-state index in [2.05, 4.69) is 5.10 Å². The van der Waals surface area contributed by atoms with Crippen molar-refractivity contribution >= 4 is 5.78 Å². The van der Waals surface area contributed by atoms with E-state index in [9.17, 15) is 4.79 Å². The number of nitrogens with zero attached hydrogens (tertiary/aromatic N) is 2. The molecule has 1 fully saturated rings. The lowest BCUT2D eigenvalue weighted by atomic mass is 9.93. The van der Waals surface area contributed by atoms with Crippen molar-refractivity contribution in [1.29, 1.82) is 0 Å². The third-order valence-electron chi connectivity index (χ3n) is 3.64. The molecular weight excluding hydrogens is 212 g/mol. The van der Waals surface area contributed by atoms with Gasteiger partial charge in [-0.3, -0.25) is 9.48 Å². The van der Waals surface area contributed by atoms with Gasteiger partial charge in [0.25, 0.3) is 0 Å². The fraction of sp³-hybridized carbons (Fsp3) is 0.714. The summed E-state index contributed by atoms with van der Waals surface area (Å²) in [6, 6.07) is 1.94. The average Bonchev–Trinajstić information content (AvgIpc) is 2.53. The van der Waals surface area contributed by atoms with E-state index in [0.717, 1.165) is 12.1 Å². The normalized spacial score (nSPS) is 17.9. The van der Waals surface area contributed by atoms with E-state index in [-0.39, 0.29) is 0 Å². The van der Waals surface area contributed by atoms with Gasteiger partial charge in [-0.1, -0.05) is 38.5 Å². The molecule has 0 saturated heterocycles. The summed E-state index contributed by atoms with van der Waals surface area (Å²) in [5.74, 6) is 0.990. The summed E-state index contributed by atoms with van der Waals surface area (Å²) in [5, 5.41) is 4.26. The average molecular weight is 234 g/mol. The second-order valence-electron chi connectivity index (χ2n) is 5.26. The number of aryl methyl sites for hydroxylation is 1. The van der Waals surface area contributed by atoms with E-state index in [1.807, 2.05) is 19.3 Å². The van der Waals surface area contributed by atoms with Crippen LogP contribution in [0.1, 0.15) is 50.6 Å². The second-order valence-corrected chi connectivity index (χ2v) is 5.26. The van der Waals surface area contributed by atoms with E-state index in [4.69, 9.17) is 0 Å². The Balaban J connectivity index is 1.80. The van der Waals surface area contributed by atoms with Crippen molar-refractivity contribution < 1.29 is 4.79 Å². The molecule has 0 N–H and O–H groups in total. The van der Waals surface area contributed by atoms with Gasteiger partial charge in [-0.15, -0.1) is 0 Å². The molecule has 1 aromatic heterocycles. The van der Waals surface area contributed by atoms with Crippen molar-refractivity contribution in [3.63, 3.8) is 0 Å². The van der Waals surface area contributed by atoms with Crippen molar-refractivity contribution in [2.45, 2.75) is 51.4 Å². The molecule has 1 aliphatic carbocycles. The SMILES string of the molecule is Cn1ccc(CC(=O)CC2CCCCCC2)n1. The summed E-state index contributed by atoms with van der Waals surface area (Å²) in [6.07, 6.45) is 11.0. The summed E-state index contributed by atoms with van der Waals surface area (Å²) >= 11 is 0. The maximum Gasteiger partial charge on any atom is 0.139 e. The highest BCUT2D eigenvalue weighted by molar-refractivity contribution is 5.80. The van der Waals surface area contributed by atoms with Gasteiger partial charge in [0, 0.05) is 19.7 Å². The largest absolute Gasteiger partial charge is 0.299 e. The molecule has 0 aliphatic heterocycles. The molecule has 1 aromatic rings. The number of hydrogen-bond acceptors (Lipinski definition) is 2. The van der Waals surface area contributed by atoms with Crippen LogP contribution in [0.5, 0.6) is 0 Å². The van der Waals surface area contributed by atoms with Crippen LogP contribution in [0.15, 0.2) is 12.3 Å². The number of rotatable bonds is 4. The topological polar surface area (TPSA) is 34.9 Å². The van der Waals surface area contributed by atoms with Gasteiger partial charge < -0.3 is 0 Å². The summed E-state index contributed by atoms with van der Waals surface area (Å²) in [6.45, 7) is 0. The lowest BCUT2D eigenvalue weighted by Gasteiger charge is -2.11. The molecular formula is C14H22N2O. The molecule has 3 nitrogen and oxygen atoms in total. The lowest BCUT2D eigenvalue weighted by molar-refractivity contribution is -0.119. The van der Waals surface area contributed by atoms with Crippen molar-refractivity contribution in [2.24, 2.45) is 13.0 Å². The molecule has 2 rings (SSSR count). The van der Waals surface area contributed by atoms with Crippen LogP contribution in [0.25, 0.3) is 0 Å². The van der Waals surface area contributed by atoms with E-state index < -0.39 is 0 Å². The molecule has 0 atom stereocenters. The molecule has 1 heterocycles. The van der Waals surface area contributed by atoms with Gasteiger partial charge in [0.2, 0.25) is 0 Å². The van der Waals surface area contributed by atoms with Crippen LogP contribution in [0, 0.1) is 5.92 Å². The number of carbonyl (C=O) groups is 1. The highest BCUT2D eigenvalue weighted by atomic mass is 16.1. The predicted octanol–water partition coefficient (Wildman–Crippen LogP) is 2.89. The van der Waals surface area contributed by atoms with Crippen LogP contribution in [-0.2, 0) is 18.3 Å². The van der Waals surface area contributed by atoms with Gasteiger partial charge in [0.15, 0.2) is 0 Å². The van der Waals surface area contributed by atoms with Crippen LogP contribution in [-0.4, -0.2) is 15.6 Å². The highest BCUT2D eigenvalue weighted by Gasteiger charge is 2.16. The molecule has 0 unspecified atom stereocenters. The van der Waals surface area contributed by atoms with E-state index in [1.54, 1.807) is 4.68 Å². The molecule has 1 aliphatic rings. The Morgan fingerprint density at radius 3 is 2.65 bits per heavy atom. The maximum absolute atomic E-state index is 12.0. The molecule has 0 aromatic carbocycles. The molecule has 94 valence electrons. The van der Waals surface area contributed by atoms with Crippen LogP contribution in [0.3, 0.4) is 0 Å². The second kappa shape index (κ2) is 5.99.